The van der Waals surface area contributed by atoms with Crippen LogP contribution in [0.15, 0.2) is 37.0 Å². The Balaban J connectivity index is 2.22. The lowest BCUT2D eigenvalue weighted by Gasteiger charge is -1.97. The third kappa shape index (κ3) is 3.22. The zero-order chi connectivity index (χ0) is 7.94. The van der Waals surface area contributed by atoms with Crippen LogP contribution in [-0.4, -0.2) is 0 Å². The molecule has 0 aromatic carbocycles. The Morgan fingerprint density at radius 3 is 2.36 bits per heavy atom. The van der Waals surface area contributed by atoms with E-state index in [1.54, 1.807) is 6.08 Å². The summed E-state index contributed by atoms with van der Waals surface area (Å²) in [5, 5.41) is 0. The first-order valence-corrected chi connectivity index (χ1v) is 4.39. The van der Waals surface area contributed by atoms with Crippen molar-refractivity contribution in [2.45, 2.75) is 25.7 Å². The summed E-state index contributed by atoms with van der Waals surface area (Å²) in [6.07, 6.45) is 15.9. The molecule has 0 bridgehead atoms. The van der Waals surface area contributed by atoms with Crippen LogP contribution in [0.2, 0.25) is 0 Å². The second-order valence-corrected chi connectivity index (χ2v) is 3.05. The Morgan fingerprint density at radius 2 is 1.73 bits per heavy atom. The molecule has 0 atom stereocenters. The summed E-state index contributed by atoms with van der Waals surface area (Å²) in [4.78, 5) is 0. The Hall–Kier alpha value is -0.780. The average Bonchev–Trinajstić information content (AvgIpc) is 2.50. The largest absolute Gasteiger partial charge is 0.0991 e. The molecule has 0 aliphatic heterocycles. The third-order valence-corrected chi connectivity index (χ3v) is 2.14. The molecule has 0 nitrogen and oxygen atoms in total. The molecule has 0 saturated heterocycles. The number of hydrogen-bond acceptors (Lipinski definition) is 0. The van der Waals surface area contributed by atoms with Gasteiger partial charge in [0.1, 0.15) is 0 Å². The van der Waals surface area contributed by atoms with E-state index in [0.29, 0.717) is 0 Å². The molecule has 0 N–H and O–H groups in total. The van der Waals surface area contributed by atoms with Crippen molar-refractivity contribution in [1.29, 1.82) is 0 Å². The van der Waals surface area contributed by atoms with Gasteiger partial charge in [0.25, 0.3) is 0 Å². The molecule has 0 unspecified atom stereocenters. The first-order chi connectivity index (χ1) is 5.43. The van der Waals surface area contributed by atoms with Gasteiger partial charge in [-0.2, -0.15) is 0 Å². The van der Waals surface area contributed by atoms with Crippen LogP contribution in [0.25, 0.3) is 0 Å². The van der Waals surface area contributed by atoms with Crippen molar-refractivity contribution in [2.24, 2.45) is 5.92 Å². The molecule has 1 fully saturated rings. The van der Waals surface area contributed by atoms with Crippen molar-refractivity contribution in [1.82, 2.24) is 0 Å². The van der Waals surface area contributed by atoms with Crippen molar-refractivity contribution >= 4 is 0 Å². The highest BCUT2D eigenvalue weighted by molar-refractivity contribution is 5.10. The maximum atomic E-state index is 3.61. The Bertz CT molecular complexity index is 157. The van der Waals surface area contributed by atoms with Crippen LogP contribution >= 0.6 is 0 Å². The maximum Gasteiger partial charge on any atom is -0.0230 e. The van der Waals surface area contributed by atoms with Gasteiger partial charge in [-0.1, -0.05) is 49.8 Å². The SMILES string of the molecule is C=C/C=C\C=C\C1CCCC1. The maximum absolute atomic E-state index is 3.61. The molecule has 1 aliphatic carbocycles. The zero-order valence-corrected chi connectivity index (χ0v) is 7.00. The normalized spacial score (nSPS) is 20.4. The van der Waals surface area contributed by atoms with E-state index in [-0.39, 0.29) is 0 Å². The van der Waals surface area contributed by atoms with Crippen LogP contribution < -0.4 is 0 Å². The van der Waals surface area contributed by atoms with Crippen molar-refractivity contribution in [2.75, 3.05) is 0 Å². The van der Waals surface area contributed by atoms with Gasteiger partial charge < -0.3 is 0 Å². The standard InChI is InChI=1S/C11H16/c1-2-3-4-5-8-11-9-6-7-10-11/h2-5,8,11H,1,6-7,9-10H2/b4-3-,8-5+. The Labute approximate surface area is 69.3 Å². The van der Waals surface area contributed by atoms with E-state index in [9.17, 15) is 0 Å². The fourth-order valence-corrected chi connectivity index (χ4v) is 1.51. The minimum absolute atomic E-state index is 0.851. The molecule has 0 radical (unpaired) electrons. The first kappa shape index (κ1) is 8.32. The van der Waals surface area contributed by atoms with Crippen LogP contribution in [-0.2, 0) is 0 Å². The fraction of sp³-hybridized carbons (Fsp3) is 0.455. The van der Waals surface area contributed by atoms with E-state index in [1.807, 2.05) is 12.2 Å². The van der Waals surface area contributed by atoms with E-state index in [0.717, 1.165) is 5.92 Å². The molecule has 1 saturated carbocycles. The lowest BCUT2D eigenvalue weighted by molar-refractivity contribution is 0.686. The molecule has 0 amide bonds. The van der Waals surface area contributed by atoms with Crippen molar-refractivity contribution in [3.05, 3.63) is 37.0 Å². The summed E-state index contributed by atoms with van der Waals surface area (Å²) >= 11 is 0. The Morgan fingerprint density at radius 1 is 1.00 bits per heavy atom. The summed E-state index contributed by atoms with van der Waals surface area (Å²) in [7, 11) is 0. The number of allylic oxidation sites excluding steroid dienone is 5. The smallest absolute Gasteiger partial charge is 0.0230 e. The van der Waals surface area contributed by atoms with Gasteiger partial charge in [-0.15, -0.1) is 0 Å². The molecule has 60 valence electrons. The summed E-state index contributed by atoms with van der Waals surface area (Å²) in [6.45, 7) is 3.61. The lowest BCUT2D eigenvalue weighted by atomic mass is 10.1. The highest BCUT2D eigenvalue weighted by Gasteiger charge is 2.10. The molecular weight excluding hydrogens is 132 g/mol. The summed E-state index contributed by atoms with van der Waals surface area (Å²) < 4.78 is 0. The van der Waals surface area contributed by atoms with Crippen molar-refractivity contribution in [3.63, 3.8) is 0 Å². The highest BCUT2D eigenvalue weighted by atomic mass is 14.2. The second kappa shape index (κ2) is 4.95. The molecule has 1 aliphatic rings. The molecule has 0 heterocycles. The second-order valence-electron chi connectivity index (χ2n) is 3.05. The molecule has 0 spiro atoms. The molecule has 0 aromatic rings. The van der Waals surface area contributed by atoms with E-state index in [1.165, 1.54) is 25.7 Å². The van der Waals surface area contributed by atoms with Crippen LogP contribution in [0.4, 0.5) is 0 Å². The van der Waals surface area contributed by atoms with Gasteiger partial charge in [0.2, 0.25) is 0 Å². The van der Waals surface area contributed by atoms with Gasteiger partial charge in [-0.05, 0) is 18.8 Å². The van der Waals surface area contributed by atoms with E-state index < -0.39 is 0 Å². The summed E-state index contributed by atoms with van der Waals surface area (Å²) in [5.41, 5.74) is 0. The van der Waals surface area contributed by atoms with E-state index >= 15 is 0 Å². The first-order valence-electron chi connectivity index (χ1n) is 4.39. The molecule has 0 aromatic heterocycles. The monoisotopic (exact) mass is 148 g/mol. The third-order valence-electron chi connectivity index (χ3n) is 2.14. The summed E-state index contributed by atoms with van der Waals surface area (Å²) in [5.74, 6) is 0.851. The van der Waals surface area contributed by atoms with Crippen molar-refractivity contribution in [3.8, 4) is 0 Å². The van der Waals surface area contributed by atoms with Crippen LogP contribution in [0.3, 0.4) is 0 Å². The van der Waals surface area contributed by atoms with Gasteiger partial charge in [0, 0.05) is 0 Å². The summed E-state index contributed by atoms with van der Waals surface area (Å²) in [6, 6.07) is 0. The predicted molar refractivity (Wildman–Crippen MR) is 50.4 cm³/mol. The number of rotatable bonds is 3. The predicted octanol–water partition coefficient (Wildman–Crippen LogP) is 3.48. The van der Waals surface area contributed by atoms with Crippen molar-refractivity contribution < 1.29 is 0 Å². The molecular formula is C11H16. The molecule has 11 heavy (non-hydrogen) atoms. The Kier molecular flexibility index (Phi) is 3.74. The molecule has 1 rings (SSSR count). The van der Waals surface area contributed by atoms with Crippen LogP contribution in [0, 0.1) is 5.92 Å². The number of hydrogen-bond donors (Lipinski definition) is 0. The van der Waals surface area contributed by atoms with Gasteiger partial charge >= 0.3 is 0 Å². The van der Waals surface area contributed by atoms with Crippen LogP contribution in [0.5, 0.6) is 0 Å². The van der Waals surface area contributed by atoms with Gasteiger partial charge in [-0.3, -0.25) is 0 Å². The average molecular weight is 148 g/mol. The fourth-order valence-electron chi connectivity index (χ4n) is 1.51. The lowest BCUT2D eigenvalue weighted by Crippen LogP contribution is -1.83. The quantitative estimate of drug-likeness (QED) is 0.537. The van der Waals surface area contributed by atoms with Gasteiger partial charge in [0.15, 0.2) is 0 Å². The highest BCUT2D eigenvalue weighted by Crippen LogP contribution is 2.25. The zero-order valence-electron chi connectivity index (χ0n) is 7.00. The molecule has 0 heteroatoms. The topological polar surface area (TPSA) is 0 Å². The minimum Gasteiger partial charge on any atom is -0.0991 e. The minimum atomic E-state index is 0.851. The van der Waals surface area contributed by atoms with E-state index in [4.69, 9.17) is 0 Å². The van der Waals surface area contributed by atoms with Crippen LogP contribution in [0.1, 0.15) is 25.7 Å². The van der Waals surface area contributed by atoms with E-state index in [2.05, 4.69) is 18.7 Å². The van der Waals surface area contributed by atoms with Gasteiger partial charge in [-0.25, -0.2) is 0 Å². The van der Waals surface area contributed by atoms with Gasteiger partial charge in [0.05, 0.1) is 0 Å².